The van der Waals surface area contributed by atoms with Gasteiger partial charge in [0.25, 0.3) is 11.8 Å². The maximum absolute atomic E-state index is 13.3. The molecule has 0 aliphatic carbocycles. The second-order valence-corrected chi connectivity index (χ2v) is 15.1. The van der Waals surface area contributed by atoms with Crippen molar-refractivity contribution in [1.82, 2.24) is 19.5 Å². The van der Waals surface area contributed by atoms with Gasteiger partial charge in [0, 0.05) is 0 Å². The van der Waals surface area contributed by atoms with Crippen molar-refractivity contribution >= 4 is 34.7 Å². The van der Waals surface area contributed by atoms with Gasteiger partial charge in [0.1, 0.15) is 46.4 Å². The topological polar surface area (TPSA) is 187 Å². The van der Waals surface area contributed by atoms with E-state index in [4.69, 9.17) is 33.2 Å². The number of carbonyl (C=O) groups is 2. The summed E-state index contributed by atoms with van der Waals surface area (Å²) in [5, 5.41) is 17.5. The molecule has 2 aromatic heterocycles. The number of nitrogens with one attached hydrogen (secondary N) is 2. The quantitative estimate of drug-likeness (QED) is 0.0918. The van der Waals surface area contributed by atoms with Gasteiger partial charge in [-0.05, 0) is 65.2 Å². The lowest BCUT2D eigenvalue weighted by Gasteiger charge is -2.39. The molecule has 16 nitrogen and oxygen atoms in total. The molecule has 326 valence electrons. The maximum Gasteiger partial charge on any atom is 0.264 e. The number of rotatable bonds is 17. The Morgan fingerprint density at radius 2 is 1.25 bits per heavy atom. The van der Waals surface area contributed by atoms with E-state index < -0.39 is 41.5 Å². The molecular formula is C48H44N6O10. The number of aromatic nitrogens is 4. The molecule has 2 aliphatic rings. The number of ether oxygens (including phenoxy) is 7. The van der Waals surface area contributed by atoms with Crippen molar-refractivity contribution < 1.29 is 47.9 Å². The van der Waals surface area contributed by atoms with Crippen LogP contribution in [0.5, 0.6) is 23.0 Å². The Kier molecular flexibility index (Phi) is 11.9. The molecule has 4 atom stereocenters. The van der Waals surface area contributed by atoms with Crippen LogP contribution in [-0.2, 0) is 29.4 Å². The molecule has 2 fully saturated rings. The number of anilines is 2. The summed E-state index contributed by atoms with van der Waals surface area (Å²) in [5.41, 5.74) is 0.196. The summed E-state index contributed by atoms with van der Waals surface area (Å²) in [7, 11) is 3.22. The molecule has 0 radical (unpaired) electrons. The van der Waals surface area contributed by atoms with E-state index in [0.717, 1.165) is 16.7 Å². The highest BCUT2D eigenvalue weighted by Gasteiger charge is 2.63. The molecule has 2 aliphatic heterocycles. The summed E-state index contributed by atoms with van der Waals surface area (Å²) >= 11 is 0. The molecule has 5 aromatic carbocycles. The predicted molar refractivity (Wildman–Crippen MR) is 233 cm³/mol. The lowest BCUT2D eigenvalue weighted by atomic mass is 9.79. The van der Waals surface area contributed by atoms with Crippen LogP contribution in [0.3, 0.4) is 0 Å². The summed E-state index contributed by atoms with van der Waals surface area (Å²) in [6.07, 6.45) is -1.58. The van der Waals surface area contributed by atoms with Gasteiger partial charge in [0.2, 0.25) is 5.95 Å². The van der Waals surface area contributed by atoms with Crippen LogP contribution in [0.2, 0.25) is 0 Å². The largest absolute Gasteiger partial charge is 0.497 e. The van der Waals surface area contributed by atoms with E-state index in [-0.39, 0.29) is 49.4 Å². The van der Waals surface area contributed by atoms with Gasteiger partial charge in [-0.2, -0.15) is 9.97 Å². The van der Waals surface area contributed by atoms with Crippen LogP contribution >= 0.6 is 0 Å². The first-order valence-corrected chi connectivity index (χ1v) is 20.4. The molecule has 7 aromatic rings. The van der Waals surface area contributed by atoms with Gasteiger partial charge in [0.15, 0.2) is 36.4 Å². The van der Waals surface area contributed by atoms with Crippen molar-refractivity contribution in [3.05, 3.63) is 163 Å². The molecule has 64 heavy (non-hydrogen) atoms. The molecule has 2 amide bonds. The van der Waals surface area contributed by atoms with Crippen molar-refractivity contribution in [2.75, 3.05) is 51.3 Å². The lowest BCUT2D eigenvalue weighted by Crippen LogP contribution is -2.48. The lowest BCUT2D eigenvalue weighted by molar-refractivity contribution is -0.202. The normalized spacial score (nSPS) is 19.0. The zero-order valence-electron chi connectivity index (χ0n) is 34.8. The molecule has 2 bridgehead atoms. The SMILES string of the molecule is COc1ccc(C(OC[C@@]23CO[C@@H]([C@H](n4cnc5c(NC(=O)COc6ccccc6)nc(NC(=O)COc6ccccc6)nc54)O2)[C@@H]3O)(c2ccccc2)c2ccc(OC)cc2)cc1. The van der Waals surface area contributed by atoms with Gasteiger partial charge < -0.3 is 43.6 Å². The second-order valence-electron chi connectivity index (χ2n) is 15.1. The molecule has 0 spiro atoms. The van der Waals surface area contributed by atoms with Gasteiger partial charge in [-0.3, -0.25) is 19.5 Å². The molecular weight excluding hydrogens is 821 g/mol. The van der Waals surface area contributed by atoms with Crippen molar-refractivity contribution in [3.8, 4) is 23.0 Å². The number of methoxy groups -OCH3 is 2. The van der Waals surface area contributed by atoms with Crippen LogP contribution in [0.1, 0.15) is 22.9 Å². The van der Waals surface area contributed by atoms with Crippen molar-refractivity contribution in [1.29, 1.82) is 0 Å². The Morgan fingerprint density at radius 3 is 1.81 bits per heavy atom. The Morgan fingerprint density at radius 1 is 0.719 bits per heavy atom. The standard InChI is InChI=1S/C48H44N6O10/c1-58-34-22-18-32(19-23-34)48(31-12-6-3-7-13-31,33-20-24-35(59-2)25-21-33)63-29-47-28-62-41(42(47)57)45(64-47)54-30-49-40-43(50-38(55)26-60-36-14-8-4-9-15-36)52-46(53-44(40)54)51-39(56)27-61-37-16-10-5-11-17-37/h3-25,30,41-42,45,57H,26-29H2,1-2H3,(H2,50,51,52,53,55,56)/t41-,42+,45-,47-/m1/s1. The van der Waals surface area contributed by atoms with Crippen LogP contribution in [-0.4, -0.2) is 94.9 Å². The predicted octanol–water partition coefficient (Wildman–Crippen LogP) is 5.91. The maximum atomic E-state index is 13.3. The van der Waals surface area contributed by atoms with Gasteiger partial charge in [-0.1, -0.05) is 91.0 Å². The highest BCUT2D eigenvalue weighted by molar-refractivity contribution is 5.99. The highest BCUT2D eigenvalue weighted by atomic mass is 16.7. The van der Waals surface area contributed by atoms with Gasteiger partial charge in [-0.15, -0.1) is 0 Å². The number of benzene rings is 5. The zero-order chi connectivity index (χ0) is 44.1. The van der Waals surface area contributed by atoms with Crippen molar-refractivity contribution in [3.63, 3.8) is 0 Å². The van der Waals surface area contributed by atoms with Crippen LogP contribution < -0.4 is 29.6 Å². The molecule has 3 N–H and O–H groups in total. The number of carbonyl (C=O) groups excluding carboxylic acids is 2. The summed E-state index contributed by atoms with van der Waals surface area (Å²) in [6.45, 7) is -0.790. The third-order valence-corrected chi connectivity index (χ3v) is 11.1. The fraction of sp³-hybridized carbons (Fsp3) is 0.229. The smallest absolute Gasteiger partial charge is 0.264 e. The van der Waals surface area contributed by atoms with Crippen LogP contribution in [0.25, 0.3) is 11.2 Å². The number of aliphatic hydroxyl groups excluding tert-OH is 1. The number of imidazole rings is 1. The molecule has 16 heteroatoms. The third-order valence-electron chi connectivity index (χ3n) is 11.1. The minimum atomic E-state index is -1.37. The van der Waals surface area contributed by atoms with Gasteiger partial charge >= 0.3 is 0 Å². The summed E-state index contributed by atoms with van der Waals surface area (Å²) in [4.78, 5) is 40.1. The number of aliphatic hydroxyl groups is 1. The van der Waals surface area contributed by atoms with Crippen molar-refractivity contribution in [2.24, 2.45) is 0 Å². The number of hydrogen-bond donors (Lipinski definition) is 3. The monoisotopic (exact) mass is 864 g/mol. The number of nitrogens with zero attached hydrogens (tertiary/aromatic N) is 4. The Hall–Kier alpha value is -7.37. The minimum absolute atomic E-state index is 0.000938. The molecule has 9 rings (SSSR count). The third kappa shape index (κ3) is 8.30. The van der Waals surface area contributed by atoms with Gasteiger partial charge in [-0.25, -0.2) is 4.98 Å². The van der Waals surface area contributed by atoms with Crippen LogP contribution in [0.15, 0.2) is 146 Å². The van der Waals surface area contributed by atoms with E-state index in [9.17, 15) is 14.7 Å². The fourth-order valence-electron chi connectivity index (χ4n) is 7.95. The molecule has 0 saturated carbocycles. The molecule has 0 unspecified atom stereocenters. The average molecular weight is 865 g/mol. The summed E-state index contributed by atoms with van der Waals surface area (Å²) in [5.74, 6) is 1.10. The first-order valence-electron chi connectivity index (χ1n) is 20.4. The van der Waals surface area contributed by atoms with E-state index >= 15 is 0 Å². The molecule has 4 heterocycles. The Labute approximate surface area is 367 Å². The average Bonchev–Trinajstić information content (AvgIpc) is 4.00. The molecule has 2 saturated heterocycles. The minimum Gasteiger partial charge on any atom is -0.497 e. The van der Waals surface area contributed by atoms with Crippen molar-refractivity contribution in [2.45, 2.75) is 29.6 Å². The van der Waals surface area contributed by atoms with Crippen LogP contribution in [0.4, 0.5) is 11.8 Å². The summed E-state index contributed by atoms with van der Waals surface area (Å²) in [6, 6.07) is 42.8. The summed E-state index contributed by atoms with van der Waals surface area (Å²) < 4.78 is 44.2. The fourth-order valence-corrected chi connectivity index (χ4v) is 7.95. The first-order chi connectivity index (χ1) is 31.3. The number of hydrogen-bond acceptors (Lipinski definition) is 13. The van der Waals surface area contributed by atoms with Gasteiger partial charge in [0.05, 0.1) is 33.8 Å². The van der Waals surface area contributed by atoms with E-state index in [1.54, 1.807) is 67.3 Å². The zero-order valence-corrected chi connectivity index (χ0v) is 34.8. The number of fused-ring (bicyclic) bond motifs is 3. The van der Waals surface area contributed by atoms with E-state index in [0.29, 0.717) is 23.0 Å². The number of amides is 2. The van der Waals surface area contributed by atoms with E-state index in [2.05, 4.69) is 25.6 Å². The number of para-hydroxylation sites is 2. The first kappa shape index (κ1) is 42.0. The second kappa shape index (κ2) is 18.2. The Balaban J connectivity index is 1.04. The highest BCUT2D eigenvalue weighted by Crippen LogP contribution is 2.49. The van der Waals surface area contributed by atoms with E-state index in [1.165, 1.54) is 6.33 Å². The Bertz CT molecular complexity index is 2660. The van der Waals surface area contributed by atoms with Crippen LogP contribution in [0, 0.1) is 0 Å². The van der Waals surface area contributed by atoms with E-state index in [1.807, 2.05) is 91.0 Å².